The minimum Gasteiger partial charge on any atom is -0.457 e. The first-order chi connectivity index (χ1) is 18.3. The van der Waals surface area contributed by atoms with Crippen LogP contribution in [-0.4, -0.2) is 16.0 Å². The van der Waals surface area contributed by atoms with Gasteiger partial charge in [0.05, 0.1) is 20.6 Å². The lowest BCUT2D eigenvalue weighted by Gasteiger charge is -2.07. The Morgan fingerprint density at radius 1 is 0.947 bits per heavy atom. The van der Waals surface area contributed by atoms with Gasteiger partial charge in [0.25, 0.3) is 0 Å². The highest BCUT2D eigenvalue weighted by molar-refractivity contribution is 7.80. The third kappa shape index (κ3) is 5.76. The van der Waals surface area contributed by atoms with Crippen molar-refractivity contribution in [1.29, 1.82) is 0 Å². The molecule has 0 spiro atoms. The van der Waals surface area contributed by atoms with E-state index in [4.69, 9.17) is 55.9 Å². The van der Waals surface area contributed by atoms with E-state index in [1.807, 2.05) is 25.1 Å². The number of nitrogens with one attached hydrogen (secondary N) is 2. The number of hydrogen-bond donors (Lipinski definition) is 2. The molecule has 6 nitrogen and oxygen atoms in total. The minimum atomic E-state index is -0.431. The van der Waals surface area contributed by atoms with Gasteiger partial charge in [-0.1, -0.05) is 46.9 Å². The maximum Gasteiger partial charge on any atom is 0.250 e. The fraction of sp³-hybridized carbons (Fsp3) is 0.0357. The van der Waals surface area contributed by atoms with Gasteiger partial charge < -0.3 is 14.2 Å². The summed E-state index contributed by atoms with van der Waals surface area (Å²) in [6.45, 7) is 1.96. The van der Waals surface area contributed by atoms with Gasteiger partial charge in [-0.2, -0.15) is 0 Å². The summed E-state index contributed by atoms with van der Waals surface area (Å²) in [5.74, 6) is 0.985. The van der Waals surface area contributed by atoms with E-state index in [1.54, 1.807) is 48.5 Å². The number of carbonyl (C=O) groups excluding carboxylic acids is 1. The fourth-order valence-corrected chi connectivity index (χ4v) is 4.60. The van der Waals surface area contributed by atoms with Crippen LogP contribution in [0.15, 0.2) is 81.6 Å². The number of anilines is 1. The summed E-state index contributed by atoms with van der Waals surface area (Å²) in [7, 11) is 0. The Bertz CT molecular complexity index is 1730. The van der Waals surface area contributed by atoms with E-state index >= 15 is 0 Å². The first kappa shape index (κ1) is 26.0. The van der Waals surface area contributed by atoms with Crippen LogP contribution in [0.4, 0.5) is 5.69 Å². The quantitative estimate of drug-likeness (QED) is 0.160. The van der Waals surface area contributed by atoms with Crippen LogP contribution in [-0.2, 0) is 4.79 Å². The maximum atomic E-state index is 12.4. The van der Waals surface area contributed by atoms with E-state index in [0.717, 1.165) is 5.56 Å². The first-order valence-corrected chi connectivity index (χ1v) is 12.8. The van der Waals surface area contributed by atoms with Gasteiger partial charge in [0.15, 0.2) is 10.7 Å². The standard InChI is InChI=1S/C28H18Cl3N3O3S/c1-15-5-9-18(21(30)13-15)27-33-22-14-16(6-10-24(22)37-27)32-28(38)34-25(35)12-8-17-7-11-23(36-17)19-3-2-4-20(29)26(19)31/h2-14H,1H3,(H2,32,34,35,38). The molecular formula is C28H18Cl3N3O3S. The number of aryl methyl sites for hydroxylation is 1. The van der Waals surface area contributed by atoms with Gasteiger partial charge in [-0.05, 0) is 85.4 Å². The van der Waals surface area contributed by atoms with Crippen LogP contribution in [0, 0.1) is 6.92 Å². The van der Waals surface area contributed by atoms with Gasteiger partial charge in [-0.3, -0.25) is 10.1 Å². The second-order valence-electron chi connectivity index (χ2n) is 8.26. The van der Waals surface area contributed by atoms with Gasteiger partial charge in [0.1, 0.15) is 17.0 Å². The molecule has 2 N–H and O–H groups in total. The Morgan fingerprint density at radius 3 is 2.61 bits per heavy atom. The lowest BCUT2D eigenvalue weighted by molar-refractivity contribution is -0.115. The van der Waals surface area contributed by atoms with E-state index in [-0.39, 0.29) is 5.11 Å². The number of fused-ring (bicyclic) bond motifs is 1. The molecule has 0 bridgehead atoms. The third-order valence-corrected chi connectivity index (χ3v) is 6.82. The number of benzene rings is 3. The zero-order chi connectivity index (χ0) is 26.8. The SMILES string of the molecule is Cc1ccc(-c2nc3cc(NC(=S)NC(=O)C=Cc4ccc(-c5cccc(Cl)c5Cl)o4)ccc3o2)c(Cl)c1. The molecule has 5 aromatic rings. The number of hydrogen-bond acceptors (Lipinski definition) is 5. The maximum absolute atomic E-state index is 12.4. The van der Waals surface area contributed by atoms with Gasteiger partial charge >= 0.3 is 0 Å². The Labute approximate surface area is 238 Å². The van der Waals surface area contributed by atoms with Crippen molar-refractivity contribution in [2.45, 2.75) is 6.92 Å². The van der Waals surface area contributed by atoms with Crippen molar-refractivity contribution in [3.63, 3.8) is 0 Å². The highest BCUT2D eigenvalue weighted by Crippen LogP contribution is 2.34. The van der Waals surface area contributed by atoms with Crippen LogP contribution < -0.4 is 10.6 Å². The molecule has 10 heteroatoms. The Kier molecular flexibility index (Phi) is 7.53. The monoisotopic (exact) mass is 581 g/mol. The van der Waals surface area contributed by atoms with Crippen molar-refractivity contribution in [2.24, 2.45) is 0 Å². The average molecular weight is 583 g/mol. The molecule has 2 aromatic heterocycles. The molecule has 38 heavy (non-hydrogen) atoms. The number of oxazole rings is 1. The smallest absolute Gasteiger partial charge is 0.250 e. The summed E-state index contributed by atoms with van der Waals surface area (Å²) < 4.78 is 11.6. The normalized spacial score (nSPS) is 11.3. The van der Waals surface area contributed by atoms with E-state index in [9.17, 15) is 4.79 Å². The van der Waals surface area contributed by atoms with E-state index in [2.05, 4.69) is 15.6 Å². The molecule has 0 aliphatic heterocycles. The van der Waals surface area contributed by atoms with Gasteiger partial charge in [-0.15, -0.1) is 0 Å². The van der Waals surface area contributed by atoms with Crippen molar-refractivity contribution in [3.8, 4) is 22.8 Å². The fourth-order valence-electron chi connectivity index (χ4n) is 3.67. The zero-order valence-electron chi connectivity index (χ0n) is 19.7. The molecule has 2 heterocycles. The molecule has 0 radical (unpaired) electrons. The number of rotatable bonds is 5. The van der Waals surface area contributed by atoms with Crippen molar-refractivity contribution in [3.05, 3.63) is 99.2 Å². The van der Waals surface area contributed by atoms with Gasteiger partial charge in [-0.25, -0.2) is 4.98 Å². The molecular weight excluding hydrogens is 565 g/mol. The second-order valence-corrected chi connectivity index (χ2v) is 9.87. The Hall–Kier alpha value is -3.62. The number of amides is 1. The minimum absolute atomic E-state index is 0.121. The molecule has 0 atom stereocenters. The molecule has 0 saturated heterocycles. The van der Waals surface area contributed by atoms with E-state index < -0.39 is 5.91 Å². The van der Waals surface area contributed by atoms with Crippen molar-refractivity contribution < 1.29 is 13.6 Å². The van der Waals surface area contributed by atoms with E-state index in [1.165, 1.54) is 12.2 Å². The topological polar surface area (TPSA) is 80.3 Å². The van der Waals surface area contributed by atoms with Gasteiger partial charge in [0.2, 0.25) is 11.8 Å². The molecule has 3 aromatic carbocycles. The highest BCUT2D eigenvalue weighted by atomic mass is 35.5. The molecule has 0 saturated carbocycles. The van der Waals surface area contributed by atoms with Crippen LogP contribution in [0.25, 0.3) is 40.0 Å². The Morgan fingerprint density at radius 2 is 1.79 bits per heavy atom. The molecule has 0 unspecified atom stereocenters. The van der Waals surface area contributed by atoms with Crippen LogP contribution in [0.1, 0.15) is 11.3 Å². The predicted molar refractivity (Wildman–Crippen MR) is 157 cm³/mol. The summed E-state index contributed by atoms with van der Waals surface area (Å²) >= 11 is 24.0. The zero-order valence-corrected chi connectivity index (χ0v) is 22.8. The van der Waals surface area contributed by atoms with Crippen molar-refractivity contribution in [1.82, 2.24) is 10.3 Å². The molecule has 0 aliphatic carbocycles. The molecule has 1 amide bonds. The van der Waals surface area contributed by atoms with Crippen LogP contribution in [0.5, 0.6) is 0 Å². The number of thiocarbonyl (C=S) groups is 1. The Balaban J connectivity index is 1.22. The lowest BCUT2D eigenvalue weighted by atomic mass is 10.1. The molecule has 0 fully saturated rings. The summed E-state index contributed by atoms with van der Waals surface area (Å²) in [6, 6.07) is 19.7. The second kappa shape index (κ2) is 11.0. The lowest BCUT2D eigenvalue weighted by Crippen LogP contribution is -2.32. The predicted octanol–water partition coefficient (Wildman–Crippen LogP) is 8.55. The summed E-state index contributed by atoms with van der Waals surface area (Å²) in [5, 5.41) is 7.08. The first-order valence-electron chi connectivity index (χ1n) is 11.3. The van der Waals surface area contributed by atoms with Gasteiger partial charge in [0, 0.05) is 17.3 Å². The largest absolute Gasteiger partial charge is 0.457 e. The van der Waals surface area contributed by atoms with Crippen LogP contribution >= 0.6 is 47.0 Å². The number of aromatic nitrogens is 1. The molecule has 0 aliphatic rings. The van der Waals surface area contributed by atoms with Crippen molar-refractivity contribution >= 4 is 80.9 Å². The molecule has 5 rings (SSSR count). The highest BCUT2D eigenvalue weighted by Gasteiger charge is 2.13. The third-order valence-electron chi connectivity index (χ3n) is 5.48. The number of carbonyl (C=O) groups is 1. The van der Waals surface area contributed by atoms with Crippen LogP contribution in [0.3, 0.4) is 0 Å². The average Bonchev–Trinajstić information content (AvgIpc) is 3.51. The van der Waals surface area contributed by atoms with E-state index in [0.29, 0.717) is 60.4 Å². The summed E-state index contributed by atoms with van der Waals surface area (Å²) in [4.78, 5) is 16.9. The number of nitrogens with zero attached hydrogens (tertiary/aromatic N) is 1. The molecule has 190 valence electrons. The summed E-state index contributed by atoms with van der Waals surface area (Å²) in [6.07, 6.45) is 2.84. The number of halogens is 3. The van der Waals surface area contributed by atoms with Crippen LogP contribution in [0.2, 0.25) is 15.1 Å². The summed E-state index contributed by atoms with van der Waals surface area (Å²) in [5.41, 5.74) is 4.25. The number of furan rings is 1. The van der Waals surface area contributed by atoms with Crippen molar-refractivity contribution in [2.75, 3.05) is 5.32 Å².